The van der Waals surface area contributed by atoms with Crippen LogP contribution in [0.3, 0.4) is 0 Å². The van der Waals surface area contributed by atoms with Crippen LogP contribution in [-0.4, -0.2) is 35.1 Å². The number of carbonyl (C=O) groups excluding carboxylic acids is 1. The number of hydrogen-bond donors (Lipinski definition) is 3. The van der Waals surface area contributed by atoms with Crippen molar-refractivity contribution in [2.45, 2.75) is 69.4 Å². The van der Waals surface area contributed by atoms with E-state index in [-0.39, 0.29) is 12.3 Å². The van der Waals surface area contributed by atoms with Crippen molar-refractivity contribution in [3.05, 3.63) is 0 Å². The molecule has 0 atom stereocenters. The Morgan fingerprint density at radius 1 is 1.16 bits per heavy atom. The summed E-state index contributed by atoms with van der Waals surface area (Å²) in [6, 6.07) is 0.607. The molecule has 0 radical (unpaired) electrons. The minimum atomic E-state index is -0.821. The van der Waals surface area contributed by atoms with Gasteiger partial charge in [0, 0.05) is 19.0 Å². The van der Waals surface area contributed by atoms with E-state index in [0.717, 1.165) is 32.1 Å². The van der Waals surface area contributed by atoms with E-state index in [1.54, 1.807) is 0 Å². The highest BCUT2D eigenvalue weighted by molar-refractivity contribution is 5.78. The van der Waals surface area contributed by atoms with Gasteiger partial charge in [0.2, 0.25) is 5.91 Å². The molecule has 0 aromatic carbocycles. The highest BCUT2D eigenvalue weighted by atomic mass is 16.4. The Bertz CT molecular complexity index is 334. The molecule has 1 amide bonds. The third kappa shape index (κ3) is 4.82. The zero-order valence-electron chi connectivity index (χ0n) is 11.4. The third-order valence-corrected chi connectivity index (χ3v) is 4.07. The second kappa shape index (κ2) is 6.37. The quantitative estimate of drug-likeness (QED) is 0.652. The maximum atomic E-state index is 12.0. The van der Waals surface area contributed by atoms with Crippen LogP contribution in [0.2, 0.25) is 0 Å². The molecule has 0 unspecified atom stereocenters. The number of amides is 1. The first-order valence-electron chi connectivity index (χ1n) is 7.36. The molecule has 0 aromatic heterocycles. The van der Waals surface area contributed by atoms with Crippen LogP contribution in [0.15, 0.2) is 0 Å². The second-order valence-electron chi connectivity index (χ2n) is 5.94. The predicted octanol–water partition coefficient (Wildman–Crippen LogP) is 1.42. The highest BCUT2D eigenvalue weighted by Crippen LogP contribution is 2.31. The first-order valence-corrected chi connectivity index (χ1v) is 7.36. The molecule has 19 heavy (non-hydrogen) atoms. The van der Waals surface area contributed by atoms with Gasteiger partial charge in [0.25, 0.3) is 0 Å². The Hall–Kier alpha value is -1.10. The number of carboxylic acid groups (broad SMARTS) is 1. The van der Waals surface area contributed by atoms with Crippen LogP contribution in [0, 0.1) is 0 Å². The number of carboxylic acids is 1. The minimum Gasteiger partial charge on any atom is -0.481 e. The largest absolute Gasteiger partial charge is 0.481 e. The molecule has 0 aliphatic heterocycles. The maximum Gasteiger partial charge on any atom is 0.305 e. The average molecular weight is 268 g/mol. The molecular formula is C14H24N2O3. The second-order valence-corrected chi connectivity index (χ2v) is 5.94. The molecule has 2 aliphatic carbocycles. The van der Waals surface area contributed by atoms with Gasteiger partial charge in [0.15, 0.2) is 0 Å². The zero-order chi connectivity index (χ0) is 13.7. The van der Waals surface area contributed by atoms with Crippen molar-refractivity contribution in [2.75, 3.05) is 6.54 Å². The van der Waals surface area contributed by atoms with E-state index in [1.807, 2.05) is 0 Å². The molecule has 2 saturated carbocycles. The Morgan fingerprint density at radius 3 is 2.42 bits per heavy atom. The molecule has 2 aliphatic rings. The van der Waals surface area contributed by atoms with Crippen LogP contribution in [0.4, 0.5) is 0 Å². The standard InChI is InChI=1S/C14H24N2O3/c17-12(6-9-15-11-4-5-11)16-14(10-13(18)19)7-2-1-3-8-14/h11,15H,1-10H2,(H,16,17)(H,18,19). The zero-order valence-corrected chi connectivity index (χ0v) is 11.4. The van der Waals surface area contributed by atoms with Gasteiger partial charge in [-0.2, -0.15) is 0 Å². The van der Waals surface area contributed by atoms with Crippen molar-refractivity contribution in [1.82, 2.24) is 10.6 Å². The van der Waals surface area contributed by atoms with Gasteiger partial charge in [-0.15, -0.1) is 0 Å². The first kappa shape index (κ1) is 14.3. The van der Waals surface area contributed by atoms with E-state index in [4.69, 9.17) is 5.11 Å². The summed E-state index contributed by atoms with van der Waals surface area (Å²) >= 11 is 0. The molecule has 0 spiro atoms. The van der Waals surface area contributed by atoms with Gasteiger partial charge in [-0.25, -0.2) is 0 Å². The fraction of sp³-hybridized carbons (Fsp3) is 0.857. The summed E-state index contributed by atoms with van der Waals surface area (Å²) in [5.41, 5.74) is -0.499. The van der Waals surface area contributed by atoms with Gasteiger partial charge in [-0.3, -0.25) is 9.59 Å². The maximum absolute atomic E-state index is 12.0. The van der Waals surface area contributed by atoms with Crippen LogP contribution in [-0.2, 0) is 9.59 Å². The number of rotatable bonds is 7. The smallest absolute Gasteiger partial charge is 0.305 e. The van der Waals surface area contributed by atoms with E-state index in [0.29, 0.717) is 19.0 Å². The fourth-order valence-corrected chi connectivity index (χ4v) is 2.90. The molecule has 0 aromatic rings. The number of hydrogen-bond acceptors (Lipinski definition) is 3. The topological polar surface area (TPSA) is 78.4 Å². The molecule has 0 bridgehead atoms. The fourth-order valence-electron chi connectivity index (χ4n) is 2.90. The molecule has 5 nitrogen and oxygen atoms in total. The van der Waals surface area contributed by atoms with Crippen molar-refractivity contribution < 1.29 is 14.7 Å². The van der Waals surface area contributed by atoms with Crippen molar-refractivity contribution in [1.29, 1.82) is 0 Å². The Kier molecular flexibility index (Phi) is 4.80. The Balaban J connectivity index is 1.79. The molecular weight excluding hydrogens is 244 g/mol. The lowest BCUT2D eigenvalue weighted by molar-refractivity contribution is -0.139. The number of carbonyl (C=O) groups is 2. The summed E-state index contributed by atoms with van der Waals surface area (Å²) in [5, 5.41) is 15.3. The van der Waals surface area contributed by atoms with Crippen LogP contribution < -0.4 is 10.6 Å². The average Bonchev–Trinajstić information content (AvgIpc) is 3.12. The van der Waals surface area contributed by atoms with E-state index in [2.05, 4.69) is 10.6 Å². The van der Waals surface area contributed by atoms with Gasteiger partial charge in [-0.1, -0.05) is 19.3 Å². The van der Waals surface area contributed by atoms with Crippen molar-refractivity contribution in [3.63, 3.8) is 0 Å². The van der Waals surface area contributed by atoms with E-state index in [1.165, 1.54) is 12.8 Å². The van der Waals surface area contributed by atoms with E-state index < -0.39 is 11.5 Å². The lowest BCUT2D eigenvalue weighted by Gasteiger charge is -2.37. The summed E-state index contributed by atoms with van der Waals surface area (Å²) in [4.78, 5) is 23.0. The molecule has 5 heteroatoms. The summed E-state index contributed by atoms with van der Waals surface area (Å²) in [7, 11) is 0. The van der Waals surface area contributed by atoms with Crippen LogP contribution >= 0.6 is 0 Å². The van der Waals surface area contributed by atoms with Crippen LogP contribution in [0.1, 0.15) is 57.8 Å². The van der Waals surface area contributed by atoms with Crippen molar-refractivity contribution in [2.24, 2.45) is 0 Å². The van der Waals surface area contributed by atoms with Gasteiger partial charge >= 0.3 is 5.97 Å². The molecule has 2 fully saturated rings. The molecule has 2 rings (SSSR count). The SMILES string of the molecule is O=C(O)CC1(NC(=O)CCNC2CC2)CCCCC1. The van der Waals surface area contributed by atoms with Crippen molar-refractivity contribution in [3.8, 4) is 0 Å². The van der Waals surface area contributed by atoms with Gasteiger partial charge in [0.05, 0.1) is 12.0 Å². The van der Waals surface area contributed by atoms with Gasteiger partial charge in [-0.05, 0) is 25.7 Å². The molecule has 0 heterocycles. The van der Waals surface area contributed by atoms with Crippen LogP contribution in [0.25, 0.3) is 0 Å². The molecule has 3 N–H and O–H groups in total. The summed E-state index contributed by atoms with van der Waals surface area (Å²) < 4.78 is 0. The predicted molar refractivity (Wildman–Crippen MR) is 71.9 cm³/mol. The number of nitrogens with one attached hydrogen (secondary N) is 2. The van der Waals surface area contributed by atoms with Gasteiger partial charge < -0.3 is 15.7 Å². The minimum absolute atomic E-state index is 0.0173. The first-order chi connectivity index (χ1) is 9.10. The lowest BCUT2D eigenvalue weighted by atomic mass is 9.79. The van der Waals surface area contributed by atoms with E-state index >= 15 is 0 Å². The lowest BCUT2D eigenvalue weighted by Crippen LogP contribution is -2.51. The monoisotopic (exact) mass is 268 g/mol. The highest BCUT2D eigenvalue weighted by Gasteiger charge is 2.35. The summed E-state index contributed by atoms with van der Waals surface area (Å²) in [5.74, 6) is -0.838. The third-order valence-electron chi connectivity index (χ3n) is 4.07. The van der Waals surface area contributed by atoms with Gasteiger partial charge in [0.1, 0.15) is 0 Å². The van der Waals surface area contributed by atoms with E-state index in [9.17, 15) is 9.59 Å². The Morgan fingerprint density at radius 2 is 1.84 bits per heavy atom. The van der Waals surface area contributed by atoms with Crippen molar-refractivity contribution >= 4 is 11.9 Å². The number of aliphatic carboxylic acids is 1. The molecule has 0 saturated heterocycles. The normalized spacial score (nSPS) is 21.9. The summed E-state index contributed by atoms with van der Waals surface area (Å²) in [6.45, 7) is 0.694. The van der Waals surface area contributed by atoms with Crippen LogP contribution in [0.5, 0.6) is 0 Å². The summed E-state index contributed by atoms with van der Waals surface area (Å²) in [6.07, 6.45) is 7.66. The Labute approximate surface area is 114 Å². The molecule has 108 valence electrons.